The maximum Gasteiger partial charge on any atom is 0.310 e. The number of morpholine rings is 1. The van der Waals surface area contributed by atoms with E-state index < -0.39 is 0 Å². The Morgan fingerprint density at radius 2 is 1.90 bits per heavy atom. The summed E-state index contributed by atoms with van der Waals surface area (Å²) in [6.07, 6.45) is 0.797. The van der Waals surface area contributed by atoms with Crippen LogP contribution in [0.1, 0.15) is 42.5 Å². The number of thiazole rings is 1. The molecule has 2 aromatic carbocycles. The number of hydrogen-bond acceptors (Lipinski definition) is 8. The van der Waals surface area contributed by atoms with E-state index >= 15 is 0 Å². The summed E-state index contributed by atoms with van der Waals surface area (Å²) in [5, 5.41) is 3.01. The summed E-state index contributed by atoms with van der Waals surface area (Å²) in [6, 6.07) is 12.9. The molecule has 7 nitrogen and oxygen atoms in total. The van der Waals surface area contributed by atoms with Crippen LogP contribution in [0.3, 0.4) is 0 Å². The van der Waals surface area contributed by atoms with Crippen LogP contribution in [0, 0.1) is 19.8 Å². The fourth-order valence-electron chi connectivity index (χ4n) is 4.99. The van der Waals surface area contributed by atoms with Gasteiger partial charge in [0, 0.05) is 43.7 Å². The second-order valence-corrected chi connectivity index (χ2v) is 10.7. The van der Waals surface area contributed by atoms with Gasteiger partial charge in [0.15, 0.2) is 5.13 Å². The quantitative estimate of drug-likeness (QED) is 0.325. The number of anilines is 1. The highest BCUT2D eigenvalue weighted by Gasteiger charge is 2.30. The van der Waals surface area contributed by atoms with Gasteiger partial charge in [0.05, 0.1) is 31.9 Å². The van der Waals surface area contributed by atoms with Crippen molar-refractivity contribution in [3.05, 3.63) is 64.0 Å². The fourth-order valence-corrected chi connectivity index (χ4v) is 5.85. The van der Waals surface area contributed by atoms with Gasteiger partial charge in [-0.3, -0.25) is 9.69 Å². The first-order valence-electron chi connectivity index (χ1n) is 13.9. The van der Waals surface area contributed by atoms with Crippen molar-refractivity contribution in [3.63, 3.8) is 0 Å². The van der Waals surface area contributed by atoms with Crippen molar-refractivity contribution in [2.24, 2.45) is 5.92 Å². The highest BCUT2D eigenvalue weighted by Crippen LogP contribution is 2.36. The Morgan fingerprint density at radius 3 is 2.64 bits per heavy atom. The van der Waals surface area contributed by atoms with Crippen LogP contribution in [0.2, 0.25) is 0 Å². The molecule has 0 N–H and O–H groups in total. The van der Waals surface area contributed by atoms with Gasteiger partial charge in [-0.1, -0.05) is 43.7 Å². The number of hydrogen-bond donors (Lipinski definition) is 0. The van der Waals surface area contributed by atoms with Gasteiger partial charge in [-0.25, -0.2) is 4.98 Å². The van der Waals surface area contributed by atoms with Gasteiger partial charge in [0.25, 0.3) is 0 Å². The Labute approximate surface area is 236 Å². The van der Waals surface area contributed by atoms with Gasteiger partial charge in [-0.05, 0) is 49.1 Å². The number of aryl methyl sites for hydroxylation is 2. The van der Waals surface area contributed by atoms with Crippen LogP contribution in [-0.2, 0) is 27.4 Å². The molecule has 2 aliphatic heterocycles. The predicted molar refractivity (Wildman–Crippen MR) is 158 cm³/mol. The molecule has 1 atom stereocenters. The van der Waals surface area contributed by atoms with Crippen LogP contribution in [0.25, 0.3) is 11.3 Å². The SMILES string of the molecule is CC.COC(=O)C1CCN(c2nc(-c3cc(C)ccc3OCc3ccc(CN4CCOCC4)cc3C)cs2)C1. The second-order valence-electron chi connectivity index (χ2n) is 9.91. The van der Waals surface area contributed by atoms with Crippen LogP contribution >= 0.6 is 11.3 Å². The van der Waals surface area contributed by atoms with E-state index in [0.717, 1.165) is 73.5 Å². The lowest BCUT2D eigenvalue weighted by Crippen LogP contribution is -2.35. The third-order valence-electron chi connectivity index (χ3n) is 7.20. The zero-order valence-corrected chi connectivity index (χ0v) is 24.7. The van der Waals surface area contributed by atoms with E-state index in [1.807, 2.05) is 19.9 Å². The minimum atomic E-state index is -0.141. The molecule has 0 bridgehead atoms. The number of aromatic nitrogens is 1. The second kappa shape index (κ2) is 13.9. The Hall–Kier alpha value is -2.94. The summed E-state index contributed by atoms with van der Waals surface area (Å²) in [4.78, 5) is 21.5. The molecular weight excluding hydrogens is 510 g/mol. The number of rotatable bonds is 8. The minimum Gasteiger partial charge on any atom is -0.488 e. The molecule has 0 radical (unpaired) electrons. The fraction of sp³-hybridized carbons (Fsp3) is 0.484. The lowest BCUT2D eigenvalue weighted by molar-refractivity contribution is -0.144. The molecule has 0 spiro atoms. The third kappa shape index (κ3) is 7.38. The van der Waals surface area contributed by atoms with Gasteiger partial charge in [0.2, 0.25) is 0 Å². The summed E-state index contributed by atoms with van der Waals surface area (Å²) in [5.41, 5.74) is 6.80. The number of esters is 1. The molecule has 2 fully saturated rings. The third-order valence-corrected chi connectivity index (χ3v) is 8.10. The van der Waals surface area contributed by atoms with Crippen LogP contribution in [-0.4, -0.2) is 62.4 Å². The molecule has 2 saturated heterocycles. The molecule has 0 saturated carbocycles. The molecule has 3 aromatic rings. The number of methoxy groups -OCH3 is 1. The molecule has 2 aliphatic rings. The molecular formula is C31H41N3O4S. The lowest BCUT2D eigenvalue weighted by atomic mass is 10.0. The highest BCUT2D eigenvalue weighted by atomic mass is 32.1. The minimum absolute atomic E-state index is 0.0845. The standard InChI is InChI=1S/C29H35N3O4S.C2H6/c1-20-4-7-27(36-18-24-6-5-22(15-21(24)2)16-31-10-12-35-13-11-31)25(14-20)26-19-37-29(30-26)32-9-8-23(17-32)28(33)34-3;1-2/h4-7,14-15,19,23H,8-13,16-18H2,1-3H3;1-2H3. The first-order valence-corrected chi connectivity index (χ1v) is 14.8. The van der Waals surface area contributed by atoms with E-state index in [1.54, 1.807) is 11.3 Å². The maximum atomic E-state index is 11.9. The summed E-state index contributed by atoms with van der Waals surface area (Å²) in [7, 11) is 1.45. The number of ether oxygens (including phenoxy) is 3. The first-order chi connectivity index (χ1) is 19.0. The average Bonchev–Trinajstić information content (AvgIpc) is 3.65. The number of benzene rings is 2. The van der Waals surface area contributed by atoms with Crippen LogP contribution in [0.4, 0.5) is 5.13 Å². The van der Waals surface area contributed by atoms with E-state index in [2.05, 4.69) is 59.4 Å². The molecule has 5 rings (SSSR count). The lowest BCUT2D eigenvalue weighted by Gasteiger charge is -2.26. The molecule has 1 unspecified atom stereocenters. The monoisotopic (exact) mass is 551 g/mol. The predicted octanol–water partition coefficient (Wildman–Crippen LogP) is 5.86. The van der Waals surface area contributed by atoms with Crippen molar-refractivity contribution < 1.29 is 19.0 Å². The van der Waals surface area contributed by atoms with Gasteiger partial charge in [0.1, 0.15) is 12.4 Å². The number of nitrogens with zero attached hydrogens (tertiary/aromatic N) is 3. The van der Waals surface area contributed by atoms with E-state index in [4.69, 9.17) is 19.2 Å². The smallest absolute Gasteiger partial charge is 0.310 e. The zero-order chi connectivity index (χ0) is 27.8. The molecule has 210 valence electrons. The van der Waals surface area contributed by atoms with Crippen molar-refractivity contribution in [3.8, 4) is 17.0 Å². The van der Waals surface area contributed by atoms with E-state index in [9.17, 15) is 4.79 Å². The average molecular weight is 552 g/mol. The topological polar surface area (TPSA) is 64.1 Å². The molecule has 39 heavy (non-hydrogen) atoms. The maximum absolute atomic E-state index is 11.9. The summed E-state index contributed by atoms with van der Waals surface area (Å²) < 4.78 is 16.8. The zero-order valence-electron chi connectivity index (χ0n) is 23.9. The molecule has 0 amide bonds. The van der Waals surface area contributed by atoms with Gasteiger partial charge < -0.3 is 19.1 Å². The van der Waals surface area contributed by atoms with Crippen LogP contribution in [0.5, 0.6) is 5.75 Å². The van der Waals surface area contributed by atoms with E-state index in [1.165, 1.54) is 23.8 Å². The number of carbonyl (C=O) groups is 1. The van der Waals surface area contributed by atoms with Gasteiger partial charge >= 0.3 is 5.97 Å². The van der Waals surface area contributed by atoms with E-state index in [-0.39, 0.29) is 11.9 Å². The summed E-state index contributed by atoms with van der Waals surface area (Å²) in [6.45, 7) is 14.8. The van der Waals surface area contributed by atoms with Crippen molar-refractivity contribution >= 4 is 22.4 Å². The van der Waals surface area contributed by atoms with Crippen LogP contribution in [0.15, 0.2) is 41.8 Å². The van der Waals surface area contributed by atoms with Crippen LogP contribution < -0.4 is 9.64 Å². The molecule has 1 aromatic heterocycles. The van der Waals surface area contributed by atoms with Crippen molar-refractivity contribution in [2.75, 3.05) is 51.4 Å². The first kappa shape index (κ1) is 29.1. The van der Waals surface area contributed by atoms with Crippen molar-refractivity contribution in [1.29, 1.82) is 0 Å². The highest BCUT2D eigenvalue weighted by molar-refractivity contribution is 7.14. The van der Waals surface area contributed by atoms with Gasteiger partial charge in [-0.2, -0.15) is 0 Å². The molecule has 0 aliphatic carbocycles. The summed E-state index contributed by atoms with van der Waals surface area (Å²) >= 11 is 1.61. The molecule has 3 heterocycles. The Bertz CT molecular complexity index is 1240. The Balaban J connectivity index is 0.00000172. The summed E-state index contributed by atoms with van der Waals surface area (Å²) in [5.74, 6) is 0.602. The van der Waals surface area contributed by atoms with Gasteiger partial charge in [-0.15, -0.1) is 11.3 Å². The van der Waals surface area contributed by atoms with Crippen molar-refractivity contribution in [2.45, 2.75) is 47.3 Å². The number of carbonyl (C=O) groups excluding carboxylic acids is 1. The molecule has 8 heteroatoms. The van der Waals surface area contributed by atoms with Crippen molar-refractivity contribution in [1.82, 2.24) is 9.88 Å². The van der Waals surface area contributed by atoms with E-state index in [0.29, 0.717) is 13.2 Å². The Kier molecular flexibility index (Phi) is 10.4. The Morgan fingerprint density at radius 1 is 1.10 bits per heavy atom. The normalized spacial score (nSPS) is 17.5. The largest absolute Gasteiger partial charge is 0.488 e.